The largest absolute Gasteiger partial charge is 0.481 e. The van der Waals surface area contributed by atoms with Crippen molar-refractivity contribution >= 4 is 11.9 Å². The van der Waals surface area contributed by atoms with Crippen molar-refractivity contribution in [2.75, 3.05) is 6.61 Å². The summed E-state index contributed by atoms with van der Waals surface area (Å²) in [5.74, 6) is -0.561. The number of carboxylic acids is 1. The summed E-state index contributed by atoms with van der Waals surface area (Å²) in [5, 5.41) is 12.7. The van der Waals surface area contributed by atoms with E-state index in [2.05, 4.69) is 5.32 Å². The molecule has 22 heavy (non-hydrogen) atoms. The molecule has 1 spiro atoms. The van der Waals surface area contributed by atoms with Crippen molar-refractivity contribution in [1.82, 2.24) is 5.32 Å². The zero-order valence-corrected chi connectivity index (χ0v) is 13.0. The van der Waals surface area contributed by atoms with Crippen molar-refractivity contribution in [3.05, 3.63) is 0 Å². The highest BCUT2D eigenvalue weighted by Gasteiger charge is 2.53. The second-order valence-electron chi connectivity index (χ2n) is 8.26. The van der Waals surface area contributed by atoms with Gasteiger partial charge in [0.1, 0.15) is 0 Å². The highest BCUT2D eigenvalue weighted by Crippen LogP contribution is 2.55. The number of rotatable bonds is 4. The number of carbonyl (C=O) groups is 2. The summed E-state index contributed by atoms with van der Waals surface area (Å²) in [6.45, 7) is 0.831. The van der Waals surface area contributed by atoms with Gasteiger partial charge in [-0.2, -0.15) is 0 Å². The first-order valence-electron chi connectivity index (χ1n) is 8.61. The molecule has 2 N–H and O–H groups in total. The summed E-state index contributed by atoms with van der Waals surface area (Å²) in [6, 6.07) is 0. The summed E-state index contributed by atoms with van der Waals surface area (Å²) >= 11 is 0. The van der Waals surface area contributed by atoms with Gasteiger partial charge in [0, 0.05) is 5.54 Å². The molecule has 1 atom stereocenters. The maximum atomic E-state index is 12.4. The Hall–Kier alpha value is -1.10. The molecule has 5 aliphatic rings. The van der Waals surface area contributed by atoms with Crippen molar-refractivity contribution in [3.8, 4) is 0 Å². The minimum atomic E-state index is -0.652. The van der Waals surface area contributed by atoms with Crippen LogP contribution in [-0.2, 0) is 14.3 Å². The minimum absolute atomic E-state index is 0.0872. The lowest BCUT2D eigenvalue weighted by Crippen LogP contribution is -2.58. The van der Waals surface area contributed by atoms with E-state index in [1.165, 1.54) is 12.8 Å². The lowest BCUT2D eigenvalue weighted by molar-refractivity contribution is -0.157. The van der Waals surface area contributed by atoms with E-state index in [4.69, 9.17) is 4.74 Å². The van der Waals surface area contributed by atoms with E-state index in [1.807, 2.05) is 0 Å². The molecular formula is C17H25NO4. The van der Waals surface area contributed by atoms with Crippen LogP contribution < -0.4 is 5.32 Å². The fraction of sp³-hybridized carbons (Fsp3) is 0.882. The zero-order valence-electron chi connectivity index (χ0n) is 13.0. The van der Waals surface area contributed by atoms with Gasteiger partial charge in [-0.1, -0.05) is 0 Å². The first kappa shape index (κ1) is 14.5. The fourth-order valence-electron chi connectivity index (χ4n) is 4.80. The van der Waals surface area contributed by atoms with Crippen LogP contribution in [0.25, 0.3) is 0 Å². The predicted octanol–water partition coefficient (Wildman–Crippen LogP) is 2.24. The van der Waals surface area contributed by atoms with Gasteiger partial charge in [-0.25, -0.2) is 0 Å². The molecule has 1 heterocycles. The number of hydrogen-bond donors (Lipinski definition) is 2. The molecule has 4 saturated carbocycles. The van der Waals surface area contributed by atoms with Gasteiger partial charge in [0.2, 0.25) is 5.91 Å². The number of carbonyl (C=O) groups excluding carboxylic acids is 1. The topological polar surface area (TPSA) is 75.6 Å². The van der Waals surface area contributed by atoms with Crippen molar-refractivity contribution in [3.63, 3.8) is 0 Å². The average molecular weight is 307 g/mol. The second-order valence-corrected chi connectivity index (χ2v) is 8.26. The van der Waals surface area contributed by atoms with E-state index in [0.717, 1.165) is 32.3 Å². The minimum Gasteiger partial charge on any atom is -0.481 e. The Morgan fingerprint density at radius 3 is 2.18 bits per heavy atom. The summed E-state index contributed by atoms with van der Waals surface area (Å²) in [4.78, 5) is 23.8. The molecule has 4 aliphatic carbocycles. The molecule has 5 fully saturated rings. The van der Waals surface area contributed by atoms with Gasteiger partial charge in [0.15, 0.2) is 0 Å². The van der Waals surface area contributed by atoms with Gasteiger partial charge < -0.3 is 15.2 Å². The molecule has 0 aromatic rings. The number of fused-ring (bicyclic) bond motifs is 3. The van der Waals surface area contributed by atoms with Crippen LogP contribution in [-0.4, -0.2) is 35.2 Å². The zero-order chi connectivity index (χ0) is 15.4. The third-order valence-corrected chi connectivity index (χ3v) is 6.76. The number of hydrogen-bond acceptors (Lipinski definition) is 3. The van der Waals surface area contributed by atoms with Gasteiger partial charge in [-0.05, 0) is 63.2 Å². The first-order valence-corrected chi connectivity index (χ1v) is 8.61. The van der Waals surface area contributed by atoms with Crippen molar-refractivity contribution < 1.29 is 19.4 Å². The Morgan fingerprint density at radius 1 is 1.05 bits per heavy atom. The second kappa shape index (κ2) is 4.70. The van der Waals surface area contributed by atoms with Crippen molar-refractivity contribution in [1.29, 1.82) is 0 Å². The van der Waals surface area contributed by atoms with Crippen molar-refractivity contribution in [2.45, 2.75) is 75.9 Å². The van der Waals surface area contributed by atoms with E-state index in [-0.39, 0.29) is 17.6 Å². The standard InChI is InChI=1S/C17H25NO4/c19-13(9-12-10-15(1-2-15)11-22-12)18-17-6-3-16(4-7-17,5-8-17)14(20)21/h12H,1-11H2,(H,18,19)(H,20,21). The summed E-state index contributed by atoms with van der Waals surface area (Å²) in [5.41, 5.74) is -0.246. The molecule has 1 amide bonds. The van der Waals surface area contributed by atoms with Crippen LogP contribution in [0.1, 0.15) is 64.2 Å². The fourth-order valence-corrected chi connectivity index (χ4v) is 4.80. The average Bonchev–Trinajstić information content (AvgIpc) is 3.14. The molecule has 1 aliphatic heterocycles. The Labute approximate surface area is 130 Å². The highest BCUT2D eigenvalue weighted by atomic mass is 16.5. The molecule has 122 valence electrons. The van der Waals surface area contributed by atoms with Crippen LogP contribution in [0.5, 0.6) is 0 Å². The van der Waals surface area contributed by atoms with E-state index in [9.17, 15) is 14.7 Å². The van der Waals surface area contributed by atoms with E-state index < -0.39 is 11.4 Å². The number of amides is 1. The van der Waals surface area contributed by atoms with Crippen LogP contribution in [0.3, 0.4) is 0 Å². The molecule has 1 saturated heterocycles. The van der Waals surface area contributed by atoms with Gasteiger partial charge >= 0.3 is 5.97 Å². The van der Waals surface area contributed by atoms with Crippen LogP contribution in [0.4, 0.5) is 0 Å². The monoisotopic (exact) mass is 307 g/mol. The van der Waals surface area contributed by atoms with Gasteiger partial charge in [-0.3, -0.25) is 9.59 Å². The van der Waals surface area contributed by atoms with E-state index in [0.29, 0.717) is 31.1 Å². The number of aliphatic carboxylic acids is 1. The maximum absolute atomic E-state index is 12.4. The molecular weight excluding hydrogens is 282 g/mol. The number of carboxylic acid groups (broad SMARTS) is 1. The molecule has 5 rings (SSSR count). The Morgan fingerprint density at radius 2 is 1.68 bits per heavy atom. The van der Waals surface area contributed by atoms with Gasteiger partial charge in [0.25, 0.3) is 0 Å². The van der Waals surface area contributed by atoms with Crippen molar-refractivity contribution in [2.24, 2.45) is 10.8 Å². The predicted molar refractivity (Wildman–Crippen MR) is 79.3 cm³/mol. The molecule has 1 unspecified atom stereocenters. The Bertz CT molecular complexity index is 486. The first-order chi connectivity index (χ1) is 10.5. The smallest absolute Gasteiger partial charge is 0.309 e. The third-order valence-electron chi connectivity index (χ3n) is 6.76. The van der Waals surface area contributed by atoms with Gasteiger partial charge in [-0.15, -0.1) is 0 Å². The van der Waals surface area contributed by atoms with Crippen LogP contribution in [0, 0.1) is 10.8 Å². The molecule has 5 heteroatoms. The molecule has 2 bridgehead atoms. The van der Waals surface area contributed by atoms with Crippen LogP contribution in [0.2, 0.25) is 0 Å². The summed E-state index contributed by atoms with van der Waals surface area (Å²) in [6.07, 6.45) is 8.62. The third kappa shape index (κ3) is 2.34. The lowest BCUT2D eigenvalue weighted by Gasteiger charge is -2.51. The lowest BCUT2D eigenvalue weighted by atomic mass is 9.57. The maximum Gasteiger partial charge on any atom is 0.309 e. The molecule has 0 aromatic heterocycles. The molecule has 0 radical (unpaired) electrons. The Kier molecular flexibility index (Phi) is 3.09. The Balaban J connectivity index is 1.32. The quantitative estimate of drug-likeness (QED) is 0.835. The summed E-state index contributed by atoms with van der Waals surface area (Å²) < 4.78 is 5.78. The summed E-state index contributed by atoms with van der Waals surface area (Å²) in [7, 11) is 0. The van der Waals surface area contributed by atoms with E-state index in [1.54, 1.807) is 0 Å². The van der Waals surface area contributed by atoms with Crippen LogP contribution in [0.15, 0.2) is 0 Å². The van der Waals surface area contributed by atoms with Crippen LogP contribution >= 0.6 is 0 Å². The number of nitrogens with one attached hydrogen (secondary N) is 1. The normalized spacial score (nSPS) is 41.5. The number of ether oxygens (including phenoxy) is 1. The SMILES string of the molecule is O=C(CC1CC2(CC2)CO1)NC12CCC(C(=O)O)(CC1)CC2. The molecule has 0 aromatic carbocycles. The highest BCUT2D eigenvalue weighted by molar-refractivity contribution is 5.78. The van der Waals surface area contributed by atoms with Gasteiger partial charge in [0.05, 0.1) is 24.5 Å². The van der Waals surface area contributed by atoms with E-state index >= 15 is 0 Å². The molecule has 5 nitrogen and oxygen atoms in total.